The Bertz CT molecular complexity index is 484. The highest BCUT2D eigenvalue weighted by Crippen LogP contribution is 2.46. The first-order valence-electron chi connectivity index (χ1n) is 6.61. The minimum absolute atomic E-state index is 0.168. The van der Waals surface area contributed by atoms with Crippen molar-refractivity contribution in [1.82, 2.24) is 0 Å². The van der Waals surface area contributed by atoms with Crippen molar-refractivity contribution in [3.63, 3.8) is 0 Å². The lowest BCUT2D eigenvalue weighted by Crippen LogP contribution is -2.08. The largest absolute Gasteiger partial charge is 0.362 e. The molecule has 96 valence electrons. The molecular formula is C16H21NO. The normalized spacial score (nSPS) is 17.4. The molecule has 0 amide bonds. The molecule has 1 saturated carbocycles. The highest BCUT2D eigenvalue weighted by atomic mass is 16.1. The van der Waals surface area contributed by atoms with Gasteiger partial charge in [0.2, 0.25) is 0 Å². The van der Waals surface area contributed by atoms with Crippen LogP contribution in [0.5, 0.6) is 0 Å². The number of carbonyl (C=O) groups excluding carboxylic acids is 1. The van der Waals surface area contributed by atoms with E-state index >= 15 is 0 Å². The fourth-order valence-corrected chi connectivity index (χ4v) is 2.05. The van der Waals surface area contributed by atoms with Crippen LogP contribution in [-0.4, -0.2) is 6.29 Å². The van der Waals surface area contributed by atoms with E-state index in [1.807, 2.05) is 0 Å². The van der Waals surface area contributed by atoms with Gasteiger partial charge in [0.05, 0.1) is 5.41 Å². The smallest absolute Gasteiger partial charge is 0.130 e. The zero-order valence-corrected chi connectivity index (χ0v) is 11.4. The van der Waals surface area contributed by atoms with E-state index in [2.05, 4.69) is 50.5 Å². The Morgan fingerprint density at radius 1 is 1.44 bits per heavy atom. The minimum atomic E-state index is -0.168. The van der Waals surface area contributed by atoms with Crippen molar-refractivity contribution in [2.45, 2.75) is 45.4 Å². The van der Waals surface area contributed by atoms with E-state index in [1.54, 1.807) is 0 Å². The van der Waals surface area contributed by atoms with Crippen LogP contribution in [0.2, 0.25) is 0 Å². The van der Waals surface area contributed by atoms with Crippen LogP contribution in [-0.2, 0) is 10.2 Å². The number of aryl methyl sites for hydroxylation is 1. The van der Waals surface area contributed by atoms with Crippen LogP contribution in [0.4, 0.5) is 5.69 Å². The van der Waals surface area contributed by atoms with Gasteiger partial charge in [0, 0.05) is 5.69 Å². The molecule has 1 fully saturated rings. The zero-order valence-electron chi connectivity index (χ0n) is 11.4. The van der Waals surface area contributed by atoms with Gasteiger partial charge in [-0.1, -0.05) is 24.6 Å². The topological polar surface area (TPSA) is 29.1 Å². The van der Waals surface area contributed by atoms with E-state index in [0.29, 0.717) is 0 Å². The standard InChI is InChI=1S/C16H21NO/c1-4-12(2)10-17-15-6-5-14(9-13(15)3)16(11-18)7-8-16/h5-6,9-11,17H,4,7-8H2,1-3H3/b12-10-. The van der Waals surface area contributed by atoms with Gasteiger partial charge in [-0.25, -0.2) is 0 Å². The van der Waals surface area contributed by atoms with Crippen LogP contribution in [0.25, 0.3) is 0 Å². The Morgan fingerprint density at radius 3 is 2.67 bits per heavy atom. The fourth-order valence-electron chi connectivity index (χ4n) is 2.05. The van der Waals surface area contributed by atoms with Crippen LogP contribution >= 0.6 is 0 Å². The number of anilines is 1. The molecule has 1 aliphatic rings. The quantitative estimate of drug-likeness (QED) is 0.793. The third kappa shape index (κ3) is 2.47. The summed E-state index contributed by atoms with van der Waals surface area (Å²) in [5, 5.41) is 3.33. The Hall–Kier alpha value is -1.57. The second-order valence-electron chi connectivity index (χ2n) is 5.29. The Morgan fingerprint density at radius 2 is 2.17 bits per heavy atom. The van der Waals surface area contributed by atoms with Gasteiger partial charge in [-0.2, -0.15) is 0 Å². The molecule has 2 heteroatoms. The van der Waals surface area contributed by atoms with E-state index in [0.717, 1.165) is 36.8 Å². The molecule has 0 aliphatic heterocycles. The molecule has 0 heterocycles. The maximum absolute atomic E-state index is 11.1. The summed E-state index contributed by atoms with van der Waals surface area (Å²) >= 11 is 0. The monoisotopic (exact) mass is 243 g/mol. The Labute approximate surface area is 109 Å². The number of aldehydes is 1. The van der Waals surface area contributed by atoms with Crippen LogP contribution in [0, 0.1) is 6.92 Å². The van der Waals surface area contributed by atoms with E-state index in [-0.39, 0.29) is 5.41 Å². The lowest BCUT2D eigenvalue weighted by molar-refractivity contribution is -0.109. The maximum Gasteiger partial charge on any atom is 0.130 e. The molecule has 1 N–H and O–H groups in total. The SMILES string of the molecule is CC/C(C)=C\Nc1ccc(C2(C=O)CC2)cc1C. The molecule has 0 saturated heterocycles. The van der Waals surface area contributed by atoms with Gasteiger partial charge in [0.15, 0.2) is 0 Å². The highest BCUT2D eigenvalue weighted by Gasteiger charge is 2.44. The number of benzene rings is 1. The Kier molecular flexibility index (Phi) is 3.55. The van der Waals surface area contributed by atoms with Crippen molar-refractivity contribution in [1.29, 1.82) is 0 Å². The molecule has 2 rings (SSSR count). The lowest BCUT2D eigenvalue weighted by Gasteiger charge is -2.12. The van der Waals surface area contributed by atoms with Gasteiger partial charge >= 0.3 is 0 Å². The summed E-state index contributed by atoms with van der Waals surface area (Å²) in [4.78, 5) is 11.1. The van der Waals surface area contributed by atoms with Crippen molar-refractivity contribution in [3.05, 3.63) is 41.1 Å². The van der Waals surface area contributed by atoms with Crippen molar-refractivity contribution in [2.24, 2.45) is 0 Å². The minimum Gasteiger partial charge on any atom is -0.362 e. The van der Waals surface area contributed by atoms with Gasteiger partial charge in [-0.15, -0.1) is 0 Å². The lowest BCUT2D eigenvalue weighted by atomic mass is 9.95. The van der Waals surface area contributed by atoms with Gasteiger partial charge < -0.3 is 10.1 Å². The van der Waals surface area contributed by atoms with Crippen LogP contribution in [0.15, 0.2) is 30.0 Å². The summed E-state index contributed by atoms with van der Waals surface area (Å²) in [6.45, 7) is 6.34. The third-order valence-electron chi connectivity index (χ3n) is 3.85. The first kappa shape index (κ1) is 12.9. The van der Waals surface area contributed by atoms with Gasteiger partial charge in [0.25, 0.3) is 0 Å². The molecule has 1 aromatic rings. The van der Waals surface area contributed by atoms with E-state index < -0.39 is 0 Å². The van der Waals surface area contributed by atoms with Crippen molar-refractivity contribution < 1.29 is 4.79 Å². The molecule has 0 radical (unpaired) electrons. The summed E-state index contributed by atoms with van der Waals surface area (Å²) in [6.07, 6.45) is 6.21. The predicted octanol–water partition coefficient (Wildman–Crippen LogP) is 3.95. The number of hydrogen-bond donors (Lipinski definition) is 1. The van der Waals surface area contributed by atoms with Gasteiger partial charge in [0.1, 0.15) is 6.29 Å². The summed E-state index contributed by atoms with van der Waals surface area (Å²) in [6, 6.07) is 6.29. The van der Waals surface area contributed by atoms with E-state index in [9.17, 15) is 4.79 Å². The molecule has 0 bridgehead atoms. The fraction of sp³-hybridized carbons (Fsp3) is 0.438. The number of allylic oxidation sites excluding steroid dienone is 1. The first-order chi connectivity index (χ1) is 8.61. The molecule has 0 spiro atoms. The summed E-state index contributed by atoms with van der Waals surface area (Å²) in [7, 11) is 0. The average Bonchev–Trinajstić information content (AvgIpc) is 3.17. The molecule has 0 aromatic heterocycles. The van der Waals surface area contributed by atoms with E-state index in [1.165, 1.54) is 11.1 Å². The molecule has 0 atom stereocenters. The summed E-state index contributed by atoms with van der Waals surface area (Å²) in [5.74, 6) is 0. The number of rotatable bonds is 5. The molecule has 18 heavy (non-hydrogen) atoms. The van der Waals surface area contributed by atoms with Crippen molar-refractivity contribution in [3.8, 4) is 0 Å². The second-order valence-corrected chi connectivity index (χ2v) is 5.29. The van der Waals surface area contributed by atoms with Gasteiger partial charge in [-0.05, 0) is 56.5 Å². The van der Waals surface area contributed by atoms with Gasteiger partial charge in [-0.3, -0.25) is 0 Å². The zero-order chi connectivity index (χ0) is 13.2. The maximum atomic E-state index is 11.1. The number of nitrogens with one attached hydrogen (secondary N) is 1. The van der Waals surface area contributed by atoms with Crippen LogP contribution in [0.1, 0.15) is 44.2 Å². The first-order valence-corrected chi connectivity index (χ1v) is 6.61. The summed E-state index contributed by atoms with van der Waals surface area (Å²) < 4.78 is 0. The molecule has 1 aliphatic carbocycles. The molecule has 2 nitrogen and oxygen atoms in total. The summed E-state index contributed by atoms with van der Waals surface area (Å²) in [5.41, 5.74) is 4.63. The number of carbonyl (C=O) groups is 1. The average molecular weight is 243 g/mol. The Balaban J connectivity index is 2.18. The van der Waals surface area contributed by atoms with Crippen LogP contribution in [0.3, 0.4) is 0 Å². The highest BCUT2D eigenvalue weighted by molar-refractivity contribution is 5.74. The molecular weight excluding hydrogens is 222 g/mol. The van der Waals surface area contributed by atoms with Crippen molar-refractivity contribution >= 4 is 12.0 Å². The third-order valence-corrected chi connectivity index (χ3v) is 3.85. The van der Waals surface area contributed by atoms with Crippen molar-refractivity contribution in [2.75, 3.05) is 5.32 Å². The molecule has 0 unspecified atom stereocenters. The molecule has 1 aromatic carbocycles. The van der Waals surface area contributed by atoms with Crippen LogP contribution < -0.4 is 5.32 Å². The van der Waals surface area contributed by atoms with E-state index in [4.69, 9.17) is 0 Å². The second kappa shape index (κ2) is 4.97. The predicted molar refractivity (Wildman–Crippen MR) is 75.8 cm³/mol. The number of hydrogen-bond acceptors (Lipinski definition) is 2.